The SMILES string of the molecule is O=S(=O)(NC(CO)C(C(F)(F)F)C(F)(F)F)c1ccc(Cl)cc1.O=S(=O)(NC(CO)C(C(F)(F)F)C(F)(F)F)c1ccc(OC(F)(F)F)cc1. The van der Waals surface area contributed by atoms with E-state index in [9.17, 15) is 82.7 Å². The second-order valence-corrected chi connectivity index (χ2v) is 13.3. The molecular weight excluding hydrogens is 801 g/mol. The lowest BCUT2D eigenvalue weighted by Gasteiger charge is -2.29. The molecule has 0 amide bonds. The largest absolute Gasteiger partial charge is 0.573 e. The summed E-state index contributed by atoms with van der Waals surface area (Å²) >= 11 is 5.51. The van der Waals surface area contributed by atoms with E-state index in [1.54, 1.807) is 0 Å². The zero-order chi connectivity index (χ0) is 39.3. The summed E-state index contributed by atoms with van der Waals surface area (Å²) in [4.78, 5) is -1.54. The topological polar surface area (TPSA) is 142 Å². The van der Waals surface area contributed by atoms with E-state index in [1.165, 1.54) is 4.72 Å². The van der Waals surface area contributed by atoms with Crippen molar-refractivity contribution in [3.05, 3.63) is 53.6 Å². The van der Waals surface area contributed by atoms with Crippen molar-refractivity contribution >= 4 is 31.6 Å². The highest BCUT2D eigenvalue weighted by molar-refractivity contribution is 7.89. The summed E-state index contributed by atoms with van der Waals surface area (Å²) in [5.41, 5.74) is 0. The molecule has 0 saturated heterocycles. The highest BCUT2D eigenvalue weighted by Gasteiger charge is 2.62. The van der Waals surface area contributed by atoms with Crippen LogP contribution in [0.15, 0.2) is 58.3 Å². The van der Waals surface area contributed by atoms with Gasteiger partial charge in [0.1, 0.15) is 5.75 Å². The maximum atomic E-state index is 12.7. The van der Waals surface area contributed by atoms with Gasteiger partial charge in [0, 0.05) is 5.02 Å². The van der Waals surface area contributed by atoms with Crippen LogP contribution in [0.25, 0.3) is 0 Å². The summed E-state index contributed by atoms with van der Waals surface area (Å²) in [6.45, 7) is -3.55. The highest BCUT2D eigenvalue weighted by Crippen LogP contribution is 2.43. The lowest BCUT2D eigenvalue weighted by Crippen LogP contribution is -2.54. The van der Waals surface area contributed by atoms with Gasteiger partial charge in [0.25, 0.3) is 0 Å². The monoisotopic (exact) mass is 820 g/mol. The minimum absolute atomic E-state index is 0.117. The second-order valence-electron chi connectivity index (χ2n) is 9.42. The van der Waals surface area contributed by atoms with Crippen LogP contribution in [0.3, 0.4) is 0 Å². The van der Waals surface area contributed by atoms with Crippen LogP contribution < -0.4 is 14.2 Å². The molecule has 0 saturated carbocycles. The molecular formula is C23H20ClF15N2O7S2. The molecule has 0 aromatic heterocycles. The summed E-state index contributed by atoms with van der Waals surface area (Å²) in [6.07, 6.45) is -28.6. The Hall–Kier alpha value is -2.78. The van der Waals surface area contributed by atoms with Crippen LogP contribution in [0.1, 0.15) is 0 Å². The van der Waals surface area contributed by atoms with Gasteiger partial charge in [0.15, 0.2) is 11.8 Å². The van der Waals surface area contributed by atoms with Gasteiger partial charge in [-0.1, -0.05) is 11.6 Å². The number of aliphatic hydroxyl groups excluding tert-OH is 2. The molecule has 2 aromatic carbocycles. The van der Waals surface area contributed by atoms with Gasteiger partial charge in [-0.15, -0.1) is 13.2 Å². The molecule has 0 aliphatic carbocycles. The highest BCUT2D eigenvalue weighted by atomic mass is 35.5. The van der Waals surface area contributed by atoms with E-state index >= 15 is 0 Å². The predicted octanol–water partition coefficient (Wildman–Crippen LogP) is 5.69. The van der Waals surface area contributed by atoms with Gasteiger partial charge in [0.2, 0.25) is 20.0 Å². The van der Waals surface area contributed by atoms with Crippen molar-refractivity contribution in [2.45, 2.75) is 52.9 Å². The van der Waals surface area contributed by atoms with Crippen molar-refractivity contribution in [3.8, 4) is 5.75 Å². The molecule has 2 atom stereocenters. The van der Waals surface area contributed by atoms with Gasteiger partial charge >= 0.3 is 31.1 Å². The van der Waals surface area contributed by atoms with E-state index in [-0.39, 0.29) is 5.02 Å². The third-order valence-corrected chi connectivity index (χ3v) is 8.98. The number of ether oxygens (including phenoxy) is 1. The second kappa shape index (κ2) is 16.3. The minimum Gasteiger partial charge on any atom is -0.406 e. The Balaban J connectivity index is 0.000000506. The van der Waals surface area contributed by atoms with Crippen molar-refractivity contribution in [3.63, 3.8) is 0 Å². The smallest absolute Gasteiger partial charge is 0.406 e. The summed E-state index contributed by atoms with van der Waals surface area (Å²) < 4.78 is 241. The molecule has 27 heteroatoms. The minimum atomic E-state index is -5.93. The molecule has 0 spiro atoms. The number of aliphatic hydroxyl groups is 2. The molecule has 288 valence electrons. The maximum absolute atomic E-state index is 12.7. The van der Waals surface area contributed by atoms with Gasteiger partial charge in [-0.25, -0.2) is 26.3 Å². The lowest BCUT2D eigenvalue weighted by atomic mass is 10.00. The van der Waals surface area contributed by atoms with Crippen LogP contribution >= 0.6 is 11.6 Å². The average molecular weight is 821 g/mol. The number of sulfonamides is 2. The van der Waals surface area contributed by atoms with Crippen LogP contribution in [-0.4, -0.2) is 83.4 Å². The molecule has 9 nitrogen and oxygen atoms in total. The Morgan fingerprint density at radius 1 is 0.560 bits per heavy atom. The van der Waals surface area contributed by atoms with Crippen molar-refractivity contribution in [2.24, 2.45) is 11.8 Å². The number of benzene rings is 2. The van der Waals surface area contributed by atoms with Gasteiger partial charge in [-0.3, -0.25) is 0 Å². The Bertz CT molecular complexity index is 1570. The van der Waals surface area contributed by atoms with E-state index in [2.05, 4.69) is 4.74 Å². The Morgan fingerprint density at radius 2 is 0.840 bits per heavy atom. The van der Waals surface area contributed by atoms with Crippen LogP contribution in [0.4, 0.5) is 65.9 Å². The molecule has 2 aromatic rings. The van der Waals surface area contributed by atoms with E-state index in [0.717, 1.165) is 29.0 Å². The molecule has 0 heterocycles. The van der Waals surface area contributed by atoms with E-state index in [4.69, 9.17) is 21.8 Å². The molecule has 0 bridgehead atoms. The Kier molecular flexibility index (Phi) is 14.7. The first-order chi connectivity index (χ1) is 22.3. The molecule has 50 heavy (non-hydrogen) atoms. The molecule has 2 rings (SSSR count). The number of alkyl halides is 15. The number of rotatable bonds is 11. The number of halogens is 16. The zero-order valence-electron chi connectivity index (χ0n) is 23.6. The fourth-order valence-electron chi connectivity index (χ4n) is 3.67. The number of hydrogen-bond donors (Lipinski definition) is 4. The summed E-state index contributed by atoms with van der Waals surface area (Å²) in [6, 6.07) is 0.0514. The van der Waals surface area contributed by atoms with Crippen molar-refractivity contribution in [1.82, 2.24) is 9.44 Å². The Labute approximate surface area is 276 Å². The fraction of sp³-hybridized carbons (Fsp3) is 0.478. The van der Waals surface area contributed by atoms with Crippen molar-refractivity contribution < 1.29 is 97.6 Å². The fourth-order valence-corrected chi connectivity index (χ4v) is 6.28. The lowest BCUT2D eigenvalue weighted by molar-refractivity contribution is -0.293. The van der Waals surface area contributed by atoms with Crippen LogP contribution in [-0.2, 0) is 20.0 Å². The van der Waals surface area contributed by atoms with Crippen LogP contribution in [0, 0.1) is 11.8 Å². The average Bonchev–Trinajstić information content (AvgIpc) is 2.89. The predicted molar refractivity (Wildman–Crippen MR) is 138 cm³/mol. The quantitative estimate of drug-likeness (QED) is 0.214. The van der Waals surface area contributed by atoms with Crippen LogP contribution in [0.2, 0.25) is 5.02 Å². The van der Waals surface area contributed by atoms with Gasteiger partial charge < -0.3 is 14.9 Å². The first kappa shape index (κ1) is 45.2. The molecule has 0 aliphatic heterocycles. The van der Waals surface area contributed by atoms with Gasteiger partial charge in [0.05, 0.1) is 35.1 Å². The molecule has 0 fully saturated rings. The van der Waals surface area contributed by atoms with Gasteiger partial charge in [-0.05, 0) is 48.5 Å². The molecule has 2 unspecified atom stereocenters. The molecule has 4 N–H and O–H groups in total. The van der Waals surface area contributed by atoms with E-state index < -0.39 is 104 Å². The first-order valence-electron chi connectivity index (χ1n) is 12.4. The van der Waals surface area contributed by atoms with Crippen molar-refractivity contribution in [2.75, 3.05) is 13.2 Å². The maximum Gasteiger partial charge on any atom is 0.573 e. The zero-order valence-corrected chi connectivity index (χ0v) is 26.0. The van der Waals surface area contributed by atoms with Gasteiger partial charge in [-0.2, -0.15) is 52.7 Å². The third-order valence-electron chi connectivity index (χ3n) is 5.71. The molecule has 0 radical (unpaired) electrons. The standard InChI is InChI=1S/C12H10F9NO4S.C11H10ClF6NO3S/c13-10(14,15)9(11(16,17)18)8(5-23)22-27(24,25)7-3-1-6(2-4-7)26-12(19,20)21;12-6-1-3-7(4-2-6)23(21,22)19-8(5-20)9(10(13,14)15)11(16,17)18/h1-4,8-9,22-23H,5H2;1-4,8-9,19-20H,5H2. The number of hydrogen-bond acceptors (Lipinski definition) is 7. The van der Waals surface area contributed by atoms with Crippen molar-refractivity contribution in [1.29, 1.82) is 0 Å². The normalized spacial score (nSPS) is 15.0. The summed E-state index contributed by atoms with van der Waals surface area (Å²) in [5.74, 6) is -9.14. The molecule has 0 aliphatic rings. The first-order valence-corrected chi connectivity index (χ1v) is 15.7. The van der Waals surface area contributed by atoms with E-state index in [0.29, 0.717) is 24.3 Å². The Morgan fingerprint density at radius 3 is 1.08 bits per heavy atom. The number of nitrogens with one attached hydrogen (secondary N) is 2. The van der Waals surface area contributed by atoms with Crippen LogP contribution in [0.5, 0.6) is 5.75 Å². The summed E-state index contributed by atoms with van der Waals surface area (Å²) in [5, 5.41) is 17.8. The van der Waals surface area contributed by atoms with E-state index in [1.807, 2.05) is 0 Å². The summed E-state index contributed by atoms with van der Waals surface area (Å²) in [7, 11) is -9.77. The third kappa shape index (κ3) is 13.7.